The summed E-state index contributed by atoms with van der Waals surface area (Å²) >= 11 is 3.56. The first-order chi connectivity index (χ1) is 13.1. The number of hydrogen-bond donors (Lipinski definition) is 1. The maximum atomic E-state index is 11.9. The Kier molecular flexibility index (Phi) is 5.23. The number of halogens is 1. The van der Waals surface area contributed by atoms with Crippen molar-refractivity contribution in [1.29, 1.82) is 0 Å². The van der Waals surface area contributed by atoms with Crippen LogP contribution in [0, 0.1) is 0 Å². The van der Waals surface area contributed by atoms with Crippen LogP contribution in [0.3, 0.4) is 0 Å². The number of piperidine rings is 1. The Morgan fingerprint density at radius 1 is 1.11 bits per heavy atom. The number of carbonyl (C=O) groups is 1. The monoisotopic (exact) mass is 424 g/mol. The number of pyridine rings is 1. The molecule has 0 radical (unpaired) electrons. The number of carboxylic acid groups (broad SMARTS) is 1. The van der Waals surface area contributed by atoms with Gasteiger partial charge in [-0.1, -0.05) is 52.7 Å². The second-order valence-corrected chi connectivity index (χ2v) is 7.92. The van der Waals surface area contributed by atoms with Crippen molar-refractivity contribution in [2.45, 2.75) is 31.3 Å². The van der Waals surface area contributed by atoms with E-state index in [-0.39, 0.29) is 6.04 Å². The van der Waals surface area contributed by atoms with Crippen LogP contribution in [0.5, 0.6) is 0 Å². The van der Waals surface area contributed by atoms with E-state index in [4.69, 9.17) is 0 Å². The van der Waals surface area contributed by atoms with Crippen molar-refractivity contribution in [2.24, 2.45) is 0 Å². The number of aromatic nitrogens is 1. The minimum atomic E-state index is -0.747. The summed E-state index contributed by atoms with van der Waals surface area (Å²) in [5, 5.41) is 10.9. The third kappa shape index (κ3) is 3.75. The molecule has 2 aromatic carbocycles. The summed E-state index contributed by atoms with van der Waals surface area (Å²) in [4.78, 5) is 18.7. The van der Waals surface area contributed by atoms with Gasteiger partial charge in [0.1, 0.15) is 6.04 Å². The van der Waals surface area contributed by atoms with Gasteiger partial charge in [-0.15, -0.1) is 0 Å². The largest absolute Gasteiger partial charge is 0.480 e. The Balaban J connectivity index is 1.85. The predicted octanol–water partition coefficient (Wildman–Crippen LogP) is 5.03. The van der Waals surface area contributed by atoms with Crippen molar-refractivity contribution in [3.05, 3.63) is 76.4 Å². The second kappa shape index (κ2) is 7.79. The normalized spacial score (nSPS) is 19.1. The number of rotatable bonds is 4. The van der Waals surface area contributed by atoms with Crippen molar-refractivity contribution in [3.8, 4) is 0 Å². The molecular weight excluding hydrogens is 404 g/mol. The summed E-state index contributed by atoms with van der Waals surface area (Å²) < 4.78 is 0.989. The summed E-state index contributed by atoms with van der Waals surface area (Å²) in [5.41, 5.74) is 3.05. The molecule has 1 saturated heterocycles. The fourth-order valence-electron chi connectivity index (χ4n) is 4.02. The highest BCUT2D eigenvalue weighted by atomic mass is 79.9. The van der Waals surface area contributed by atoms with Crippen molar-refractivity contribution in [3.63, 3.8) is 0 Å². The van der Waals surface area contributed by atoms with E-state index in [2.05, 4.69) is 50.1 Å². The van der Waals surface area contributed by atoms with Gasteiger partial charge in [0.15, 0.2) is 0 Å². The van der Waals surface area contributed by atoms with Gasteiger partial charge in [0, 0.05) is 16.1 Å². The molecule has 0 spiro atoms. The molecule has 2 atom stereocenters. The van der Waals surface area contributed by atoms with Gasteiger partial charge in [-0.2, -0.15) is 0 Å². The van der Waals surface area contributed by atoms with Gasteiger partial charge in [0.2, 0.25) is 0 Å². The van der Waals surface area contributed by atoms with Crippen LogP contribution in [0.2, 0.25) is 0 Å². The first-order valence-corrected chi connectivity index (χ1v) is 10.0. The van der Waals surface area contributed by atoms with Crippen LogP contribution in [-0.4, -0.2) is 33.5 Å². The average Bonchev–Trinajstić information content (AvgIpc) is 2.68. The number of nitrogens with zero attached hydrogens (tertiary/aromatic N) is 2. The molecule has 0 amide bonds. The minimum absolute atomic E-state index is 0.138. The van der Waals surface area contributed by atoms with Crippen LogP contribution in [0.1, 0.15) is 36.4 Å². The number of carboxylic acids is 1. The van der Waals surface area contributed by atoms with Crippen LogP contribution < -0.4 is 0 Å². The summed E-state index contributed by atoms with van der Waals surface area (Å²) in [5.74, 6) is -0.747. The SMILES string of the molecule is O=C(O)C1CCCCN1C(c1cccc(Br)c1)c1cnc2ccccc2c1. The second-order valence-electron chi connectivity index (χ2n) is 7.01. The number of hydrogen-bond acceptors (Lipinski definition) is 3. The molecule has 0 aliphatic carbocycles. The molecule has 4 rings (SSSR count). The summed E-state index contributed by atoms with van der Waals surface area (Å²) in [6.45, 7) is 0.765. The van der Waals surface area contributed by atoms with Crippen molar-refractivity contribution in [2.75, 3.05) is 6.54 Å². The Morgan fingerprint density at radius 2 is 1.96 bits per heavy atom. The highest BCUT2D eigenvalue weighted by Gasteiger charge is 2.35. The molecular formula is C22H21BrN2O2. The molecule has 27 heavy (non-hydrogen) atoms. The fraction of sp³-hybridized carbons (Fsp3) is 0.273. The van der Waals surface area contributed by atoms with E-state index < -0.39 is 12.0 Å². The molecule has 138 valence electrons. The first kappa shape index (κ1) is 18.1. The molecule has 3 aromatic rings. The van der Waals surface area contributed by atoms with E-state index in [0.717, 1.165) is 45.9 Å². The van der Waals surface area contributed by atoms with E-state index in [9.17, 15) is 9.90 Å². The number of aliphatic carboxylic acids is 1. The lowest BCUT2D eigenvalue weighted by atomic mass is 9.92. The molecule has 1 aliphatic heterocycles. The highest BCUT2D eigenvalue weighted by molar-refractivity contribution is 9.10. The molecule has 0 saturated carbocycles. The van der Waals surface area contributed by atoms with E-state index in [1.807, 2.05) is 36.5 Å². The van der Waals surface area contributed by atoms with Gasteiger partial charge in [0.05, 0.1) is 11.6 Å². The van der Waals surface area contributed by atoms with Gasteiger partial charge in [-0.25, -0.2) is 0 Å². The number of para-hydroxylation sites is 1. The molecule has 5 heteroatoms. The predicted molar refractivity (Wildman–Crippen MR) is 110 cm³/mol. The maximum absolute atomic E-state index is 11.9. The van der Waals surface area contributed by atoms with Crippen LogP contribution >= 0.6 is 15.9 Å². The third-order valence-corrected chi connectivity index (χ3v) is 5.75. The Labute approximate surface area is 167 Å². The number of benzene rings is 2. The molecule has 2 unspecified atom stereocenters. The zero-order chi connectivity index (χ0) is 18.8. The van der Waals surface area contributed by atoms with E-state index in [0.29, 0.717) is 6.42 Å². The zero-order valence-electron chi connectivity index (χ0n) is 14.9. The third-order valence-electron chi connectivity index (χ3n) is 5.25. The smallest absolute Gasteiger partial charge is 0.320 e. The van der Waals surface area contributed by atoms with Gasteiger partial charge in [-0.3, -0.25) is 14.7 Å². The quantitative estimate of drug-likeness (QED) is 0.638. The summed E-state index contributed by atoms with van der Waals surface area (Å²) in [7, 11) is 0. The fourth-order valence-corrected chi connectivity index (χ4v) is 4.43. The molecule has 1 aliphatic rings. The van der Waals surface area contributed by atoms with Crippen molar-refractivity contribution >= 4 is 32.8 Å². The average molecular weight is 425 g/mol. The lowest BCUT2D eigenvalue weighted by Crippen LogP contribution is -2.46. The summed E-state index contributed by atoms with van der Waals surface area (Å²) in [6, 6.07) is 17.7. The molecule has 1 fully saturated rings. The number of fused-ring (bicyclic) bond motifs is 1. The van der Waals surface area contributed by atoms with E-state index >= 15 is 0 Å². The number of likely N-dealkylation sites (tertiary alicyclic amines) is 1. The Hall–Kier alpha value is -2.24. The molecule has 1 aromatic heterocycles. The van der Waals surface area contributed by atoms with Crippen LogP contribution in [0.25, 0.3) is 10.9 Å². The topological polar surface area (TPSA) is 53.4 Å². The molecule has 4 nitrogen and oxygen atoms in total. The molecule has 2 heterocycles. The lowest BCUT2D eigenvalue weighted by molar-refractivity contribution is -0.145. The van der Waals surface area contributed by atoms with Gasteiger partial charge < -0.3 is 5.11 Å². The van der Waals surface area contributed by atoms with Gasteiger partial charge in [-0.05, 0) is 54.8 Å². The highest BCUT2D eigenvalue weighted by Crippen LogP contribution is 2.35. The van der Waals surface area contributed by atoms with Gasteiger partial charge in [0.25, 0.3) is 0 Å². The van der Waals surface area contributed by atoms with Crippen LogP contribution in [-0.2, 0) is 4.79 Å². The van der Waals surface area contributed by atoms with Crippen LogP contribution in [0.4, 0.5) is 0 Å². The Bertz CT molecular complexity index is 975. The molecule has 0 bridgehead atoms. The zero-order valence-corrected chi connectivity index (χ0v) is 16.5. The van der Waals surface area contributed by atoms with E-state index in [1.165, 1.54) is 0 Å². The maximum Gasteiger partial charge on any atom is 0.320 e. The Morgan fingerprint density at radius 3 is 2.78 bits per heavy atom. The van der Waals surface area contributed by atoms with Crippen molar-refractivity contribution in [1.82, 2.24) is 9.88 Å². The standard InChI is InChI=1S/C22H21BrN2O2/c23-18-8-5-7-16(13-18)21(25-11-4-3-10-20(25)22(26)27)17-12-15-6-1-2-9-19(15)24-14-17/h1-2,5-9,12-14,20-21H,3-4,10-11H2,(H,26,27). The summed E-state index contributed by atoms with van der Waals surface area (Å²) in [6.07, 6.45) is 4.53. The van der Waals surface area contributed by atoms with E-state index in [1.54, 1.807) is 0 Å². The minimum Gasteiger partial charge on any atom is -0.480 e. The lowest BCUT2D eigenvalue weighted by Gasteiger charge is -2.39. The first-order valence-electron chi connectivity index (χ1n) is 9.22. The van der Waals surface area contributed by atoms with Crippen LogP contribution in [0.15, 0.2) is 65.3 Å². The van der Waals surface area contributed by atoms with Crippen molar-refractivity contribution < 1.29 is 9.90 Å². The molecule has 1 N–H and O–H groups in total. The van der Waals surface area contributed by atoms with Gasteiger partial charge >= 0.3 is 5.97 Å².